The van der Waals surface area contributed by atoms with Crippen molar-refractivity contribution in [3.8, 4) is 0 Å². The van der Waals surface area contributed by atoms with Crippen LogP contribution in [0.15, 0.2) is 78.9 Å². The minimum absolute atomic E-state index is 0.113. The van der Waals surface area contributed by atoms with Crippen molar-refractivity contribution in [3.05, 3.63) is 106 Å². The lowest BCUT2D eigenvalue weighted by Crippen LogP contribution is -2.31. The molecule has 3 nitrogen and oxygen atoms in total. The van der Waals surface area contributed by atoms with Crippen molar-refractivity contribution < 1.29 is 4.79 Å². The van der Waals surface area contributed by atoms with Gasteiger partial charge < -0.3 is 4.90 Å². The predicted octanol–water partition coefficient (Wildman–Crippen LogP) is 7.57. The van der Waals surface area contributed by atoms with E-state index in [1.807, 2.05) is 73.7 Å². The molecule has 0 saturated heterocycles. The number of amides is 1. The molecular formula is C27H21ClN2OS. The zero-order valence-electron chi connectivity index (χ0n) is 17.8. The maximum absolute atomic E-state index is 13.9. The first kappa shape index (κ1) is 20.7. The number of carbonyl (C=O) groups is 1. The van der Waals surface area contributed by atoms with E-state index >= 15 is 0 Å². The number of rotatable bonds is 4. The average Bonchev–Trinajstić information content (AvgIpc) is 3.14. The van der Waals surface area contributed by atoms with Crippen LogP contribution in [-0.2, 0) is 6.54 Å². The van der Waals surface area contributed by atoms with Gasteiger partial charge in [0.2, 0.25) is 0 Å². The molecule has 0 aliphatic rings. The Bertz CT molecular complexity index is 1470. The predicted molar refractivity (Wildman–Crippen MR) is 135 cm³/mol. The van der Waals surface area contributed by atoms with Crippen LogP contribution in [0.4, 0.5) is 5.69 Å². The van der Waals surface area contributed by atoms with Gasteiger partial charge in [0.25, 0.3) is 5.91 Å². The maximum atomic E-state index is 13.9. The van der Waals surface area contributed by atoms with E-state index in [1.165, 1.54) is 11.3 Å². The van der Waals surface area contributed by atoms with Crippen LogP contribution < -0.4 is 4.90 Å². The molecule has 0 saturated carbocycles. The van der Waals surface area contributed by atoms with Gasteiger partial charge in [-0.15, -0.1) is 11.3 Å². The molecule has 32 heavy (non-hydrogen) atoms. The van der Waals surface area contributed by atoms with Crippen molar-refractivity contribution in [1.29, 1.82) is 0 Å². The van der Waals surface area contributed by atoms with E-state index < -0.39 is 0 Å². The Morgan fingerprint density at radius 2 is 1.75 bits per heavy atom. The Morgan fingerprint density at radius 3 is 2.56 bits per heavy atom. The van der Waals surface area contributed by atoms with Gasteiger partial charge in [-0.05, 0) is 43.7 Å². The fraction of sp³-hybridized carbons (Fsp3) is 0.111. The van der Waals surface area contributed by atoms with Crippen LogP contribution >= 0.6 is 22.9 Å². The van der Waals surface area contributed by atoms with Crippen molar-refractivity contribution in [2.75, 3.05) is 4.90 Å². The molecule has 0 aliphatic heterocycles. The molecule has 0 spiro atoms. The SMILES string of the molecule is Cc1ccc(N(Cc2ccc3ccccc3n2)C(=O)c2sc3ccccc3c2Cl)c(C)c1. The molecule has 5 rings (SSSR count). The second-order valence-electron chi connectivity index (χ2n) is 7.92. The number of aryl methyl sites for hydroxylation is 2. The zero-order chi connectivity index (χ0) is 22.2. The third kappa shape index (κ3) is 3.77. The Morgan fingerprint density at radius 1 is 0.969 bits per heavy atom. The summed E-state index contributed by atoms with van der Waals surface area (Å²) in [6.45, 7) is 4.44. The van der Waals surface area contributed by atoms with Crippen LogP contribution in [0, 0.1) is 13.8 Å². The molecule has 0 N–H and O–H groups in total. The number of fused-ring (bicyclic) bond motifs is 2. The van der Waals surface area contributed by atoms with Gasteiger partial charge in [-0.1, -0.05) is 71.8 Å². The molecule has 0 atom stereocenters. The largest absolute Gasteiger partial charge is 0.301 e. The van der Waals surface area contributed by atoms with Gasteiger partial charge in [0.1, 0.15) is 4.88 Å². The Kier molecular flexibility index (Phi) is 5.41. The minimum atomic E-state index is -0.113. The van der Waals surface area contributed by atoms with E-state index in [0.29, 0.717) is 16.4 Å². The fourth-order valence-corrected chi connectivity index (χ4v) is 5.47. The standard InChI is InChI=1S/C27H21ClN2OS/c1-17-11-14-23(18(2)15-17)30(16-20-13-12-19-7-3-5-9-22(19)29-20)27(31)26-25(28)21-8-4-6-10-24(21)32-26/h3-15H,16H2,1-2H3. The summed E-state index contributed by atoms with van der Waals surface area (Å²) in [4.78, 5) is 21.0. The number of nitrogens with zero attached hydrogens (tertiary/aromatic N) is 2. The number of halogens is 1. The van der Waals surface area contributed by atoms with Gasteiger partial charge in [0.05, 0.1) is 22.8 Å². The van der Waals surface area contributed by atoms with Crippen LogP contribution in [0.2, 0.25) is 5.02 Å². The van der Waals surface area contributed by atoms with Crippen LogP contribution in [-0.4, -0.2) is 10.9 Å². The van der Waals surface area contributed by atoms with Crippen LogP contribution in [0.5, 0.6) is 0 Å². The summed E-state index contributed by atoms with van der Waals surface area (Å²) in [6, 6.07) is 26.0. The van der Waals surface area contributed by atoms with Gasteiger partial charge in [-0.2, -0.15) is 0 Å². The highest BCUT2D eigenvalue weighted by molar-refractivity contribution is 7.21. The molecule has 158 valence electrons. The second kappa shape index (κ2) is 8.38. The van der Waals surface area contributed by atoms with Gasteiger partial charge in [0, 0.05) is 21.2 Å². The molecule has 0 fully saturated rings. The van der Waals surface area contributed by atoms with Gasteiger partial charge in [0.15, 0.2) is 0 Å². The van der Waals surface area contributed by atoms with Crippen molar-refractivity contribution in [2.24, 2.45) is 0 Å². The number of hydrogen-bond acceptors (Lipinski definition) is 3. The van der Waals surface area contributed by atoms with Crippen molar-refractivity contribution in [3.63, 3.8) is 0 Å². The van der Waals surface area contributed by atoms with Gasteiger partial charge >= 0.3 is 0 Å². The van der Waals surface area contributed by atoms with Crippen LogP contribution in [0.1, 0.15) is 26.5 Å². The van der Waals surface area contributed by atoms with Gasteiger partial charge in [-0.3, -0.25) is 9.78 Å². The molecule has 1 amide bonds. The molecule has 0 bridgehead atoms. The number of benzene rings is 3. The Balaban J connectivity index is 1.61. The van der Waals surface area contributed by atoms with Crippen molar-refractivity contribution in [2.45, 2.75) is 20.4 Å². The summed E-state index contributed by atoms with van der Waals surface area (Å²) in [5.74, 6) is -0.113. The highest BCUT2D eigenvalue weighted by atomic mass is 35.5. The Labute approximate surface area is 195 Å². The number of thiophene rings is 1. The number of pyridine rings is 1. The van der Waals surface area contributed by atoms with E-state index in [0.717, 1.165) is 43.5 Å². The Hall–Kier alpha value is -3.21. The lowest BCUT2D eigenvalue weighted by Gasteiger charge is -2.24. The third-order valence-corrected chi connectivity index (χ3v) is 7.26. The number of hydrogen-bond donors (Lipinski definition) is 0. The number of carbonyl (C=O) groups excluding carboxylic acids is 1. The van der Waals surface area contributed by atoms with E-state index in [1.54, 1.807) is 4.90 Å². The zero-order valence-corrected chi connectivity index (χ0v) is 19.4. The summed E-state index contributed by atoms with van der Waals surface area (Å²) in [5, 5.41) is 2.50. The third-order valence-electron chi connectivity index (χ3n) is 5.59. The van der Waals surface area contributed by atoms with Crippen molar-refractivity contribution >= 4 is 55.5 Å². The molecule has 2 aromatic heterocycles. The first-order valence-electron chi connectivity index (χ1n) is 10.4. The van der Waals surface area contributed by atoms with Crippen LogP contribution in [0.3, 0.4) is 0 Å². The molecule has 5 heteroatoms. The second-order valence-corrected chi connectivity index (χ2v) is 9.35. The number of para-hydroxylation sites is 1. The summed E-state index contributed by atoms with van der Waals surface area (Å²) in [7, 11) is 0. The molecule has 0 aliphatic carbocycles. The van der Waals surface area contributed by atoms with Crippen LogP contribution in [0.25, 0.3) is 21.0 Å². The normalized spacial score (nSPS) is 11.2. The summed E-state index contributed by atoms with van der Waals surface area (Å²) in [5.41, 5.74) is 4.80. The molecule has 0 radical (unpaired) electrons. The van der Waals surface area contributed by atoms with E-state index in [-0.39, 0.29) is 5.91 Å². The average molecular weight is 457 g/mol. The highest BCUT2D eigenvalue weighted by Gasteiger charge is 2.25. The topological polar surface area (TPSA) is 33.2 Å². The monoisotopic (exact) mass is 456 g/mol. The molecular weight excluding hydrogens is 436 g/mol. The van der Waals surface area contributed by atoms with Crippen molar-refractivity contribution in [1.82, 2.24) is 4.98 Å². The maximum Gasteiger partial charge on any atom is 0.270 e. The van der Waals surface area contributed by atoms with E-state index in [9.17, 15) is 4.79 Å². The highest BCUT2D eigenvalue weighted by Crippen LogP contribution is 2.37. The molecule has 0 unspecified atom stereocenters. The quantitative estimate of drug-likeness (QED) is 0.279. The van der Waals surface area contributed by atoms with E-state index in [2.05, 4.69) is 19.1 Å². The van der Waals surface area contributed by atoms with E-state index in [4.69, 9.17) is 16.6 Å². The molecule has 5 aromatic rings. The summed E-state index contributed by atoms with van der Waals surface area (Å²) in [6.07, 6.45) is 0. The lowest BCUT2D eigenvalue weighted by molar-refractivity contribution is 0.0988. The lowest BCUT2D eigenvalue weighted by atomic mass is 10.1. The number of aromatic nitrogens is 1. The van der Waals surface area contributed by atoms with Gasteiger partial charge in [-0.25, -0.2) is 0 Å². The smallest absolute Gasteiger partial charge is 0.270 e. The molecule has 3 aromatic carbocycles. The summed E-state index contributed by atoms with van der Waals surface area (Å²) >= 11 is 8.11. The minimum Gasteiger partial charge on any atom is -0.301 e. The first-order chi connectivity index (χ1) is 15.5. The fourth-order valence-electron chi connectivity index (χ4n) is 4.01. The molecule has 2 heterocycles. The number of anilines is 1. The first-order valence-corrected chi connectivity index (χ1v) is 11.6. The summed E-state index contributed by atoms with van der Waals surface area (Å²) < 4.78 is 1.00.